The van der Waals surface area contributed by atoms with Crippen LogP contribution in [0.5, 0.6) is 5.75 Å². The Bertz CT molecular complexity index is 790. The van der Waals surface area contributed by atoms with Crippen molar-refractivity contribution in [3.8, 4) is 11.8 Å². The molecule has 0 radical (unpaired) electrons. The molecular formula is C19H17ClN2O2. The van der Waals surface area contributed by atoms with Crippen molar-refractivity contribution in [1.29, 1.82) is 5.26 Å². The minimum absolute atomic E-state index is 0.0579. The van der Waals surface area contributed by atoms with Crippen LogP contribution in [0.25, 0.3) is 6.08 Å². The van der Waals surface area contributed by atoms with E-state index in [-0.39, 0.29) is 11.5 Å². The number of nitrogens with zero attached hydrogens (tertiary/aromatic N) is 2. The van der Waals surface area contributed by atoms with Gasteiger partial charge in [-0.15, -0.1) is 0 Å². The van der Waals surface area contributed by atoms with E-state index < -0.39 is 0 Å². The Morgan fingerprint density at radius 1 is 1.21 bits per heavy atom. The van der Waals surface area contributed by atoms with Gasteiger partial charge in [0.1, 0.15) is 24.0 Å². The number of benzene rings is 2. The lowest BCUT2D eigenvalue weighted by molar-refractivity contribution is -0.124. The van der Waals surface area contributed by atoms with E-state index in [4.69, 9.17) is 16.3 Å². The molecule has 0 aromatic heterocycles. The lowest BCUT2D eigenvalue weighted by Crippen LogP contribution is -2.22. The first-order chi connectivity index (χ1) is 11.5. The number of nitriles is 1. The molecule has 0 spiro atoms. The topological polar surface area (TPSA) is 53.3 Å². The van der Waals surface area contributed by atoms with Crippen molar-refractivity contribution in [1.82, 2.24) is 4.90 Å². The number of amides is 1. The summed E-state index contributed by atoms with van der Waals surface area (Å²) in [6.45, 7) is 0.367. The lowest BCUT2D eigenvalue weighted by Gasteiger charge is -2.11. The number of ether oxygens (including phenoxy) is 1. The first-order valence-electron chi connectivity index (χ1n) is 7.31. The van der Waals surface area contributed by atoms with Gasteiger partial charge in [-0.25, -0.2) is 0 Å². The van der Waals surface area contributed by atoms with Gasteiger partial charge in [-0.2, -0.15) is 5.26 Å². The molecule has 2 aromatic carbocycles. The number of para-hydroxylation sites is 1. The molecule has 0 fully saturated rings. The van der Waals surface area contributed by atoms with Gasteiger partial charge in [-0.3, -0.25) is 4.79 Å². The van der Waals surface area contributed by atoms with Crippen molar-refractivity contribution in [2.75, 3.05) is 14.1 Å². The number of halogens is 1. The Labute approximate surface area is 146 Å². The van der Waals surface area contributed by atoms with Crippen molar-refractivity contribution in [2.45, 2.75) is 6.61 Å². The molecule has 5 heteroatoms. The van der Waals surface area contributed by atoms with Gasteiger partial charge in [0.05, 0.1) is 0 Å². The van der Waals surface area contributed by atoms with Crippen LogP contribution in [0.4, 0.5) is 0 Å². The normalized spacial score (nSPS) is 10.8. The summed E-state index contributed by atoms with van der Waals surface area (Å²) in [6, 6.07) is 16.6. The van der Waals surface area contributed by atoms with Gasteiger partial charge in [0.2, 0.25) is 0 Å². The maximum atomic E-state index is 12.0. The Morgan fingerprint density at radius 3 is 2.50 bits per heavy atom. The summed E-state index contributed by atoms with van der Waals surface area (Å²) in [4.78, 5) is 13.4. The van der Waals surface area contributed by atoms with Crippen LogP contribution in [0.2, 0.25) is 5.02 Å². The van der Waals surface area contributed by atoms with E-state index in [0.29, 0.717) is 22.9 Å². The van der Waals surface area contributed by atoms with E-state index in [2.05, 4.69) is 0 Å². The van der Waals surface area contributed by atoms with Crippen LogP contribution < -0.4 is 4.74 Å². The fourth-order valence-electron chi connectivity index (χ4n) is 2.01. The molecule has 2 aromatic rings. The number of hydrogen-bond donors (Lipinski definition) is 0. The monoisotopic (exact) mass is 340 g/mol. The second-order valence-corrected chi connectivity index (χ2v) is 5.76. The number of hydrogen-bond acceptors (Lipinski definition) is 3. The van der Waals surface area contributed by atoms with Crippen LogP contribution in [-0.4, -0.2) is 24.9 Å². The average Bonchev–Trinajstić information content (AvgIpc) is 2.59. The fraction of sp³-hybridized carbons (Fsp3) is 0.158. The number of carbonyl (C=O) groups is 1. The highest BCUT2D eigenvalue weighted by atomic mass is 35.5. The summed E-state index contributed by atoms with van der Waals surface area (Å²) < 4.78 is 5.83. The largest absolute Gasteiger partial charge is 0.488 e. The molecule has 0 heterocycles. The maximum absolute atomic E-state index is 12.0. The number of rotatable bonds is 5. The summed E-state index contributed by atoms with van der Waals surface area (Å²) in [5.41, 5.74) is 1.71. The number of carbonyl (C=O) groups excluding carboxylic acids is 1. The van der Waals surface area contributed by atoms with Crippen molar-refractivity contribution in [2.24, 2.45) is 0 Å². The molecule has 0 N–H and O–H groups in total. The molecule has 122 valence electrons. The molecule has 2 rings (SSSR count). The molecule has 0 saturated heterocycles. The minimum Gasteiger partial charge on any atom is -0.488 e. The maximum Gasteiger partial charge on any atom is 0.264 e. The quantitative estimate of drug-likeness (QED) is 0.612. The van der Waals surface area contributed by atoms with Gasteiger partial charge in [-0.05, 0) is 29.8 Å². The second kappa shape index (κ2) is 8.19. The molecule has 0 unspecified atom stereocenters. The van der Waals surface area contributed by atoms with Crippen LogP contribution >= 0.6 is 11.6 Å². The third-order valence-electron chi connectivity index (χ3n) is 3.28. The van der Waals surface area contributed by atoms with Gasteiger partial charge in [0.25, 0.3) is 5.91 Å². The Kier molecular flexibility index (Phi) is 6.00. The second-order valence-electron chi connectivity index (χ2n) is 5.32. The molecule has 0 aliphatic heterocycles. The third-order valence-corrected chi connectivity index (χ3v) is 3.54. The molecule has 0 saturated carbocycles. The molecule has 0 aliphatic rings. The van der Waals surface area contributed by atoms with Crippen LogP contribution in [0.3, 0.4) is 0 Å². The molecule has 0 atom stereocenters. The molecular weight excluding hydrogens is 324 g/mol. The van der Waals surface area contributed by atoms with Crippen molar-refractivity contribution in [3.63, 3.8) is 0 Å². The lowest BCUT2D eigenvalue weighted by atomic mass is 10.1. The molecule has 24 heavy (non-hydrogen) atoms. The van der Waals surface area contributed by atoms with Crippen LogP contribution in [-0.2, 0) is 11.4 Å². The number of likely N-dealkylation sites (N-methyl/N-ethyl adjacent to an activating group) is 1. The minimum atomic E-state index is -0.343. The van der Waals surface area contributed by atoms with E-state index in [0.717, 1.165) is 5.56 Å². The Balaban J connectivity index is 2.22. The van der Waals surface area contributed by atoms with Gasteiger partial charge in [-0.1, -0.05) is 41.9 Å². The molecule has 0 aliphatic carbocycles. The van der Waals surface area contributed by atoms with Crippen LogP contribution in [0.1, 0.15) is 11.1 Å². The summed E-state index contributed by atoms with van der Waals surface area (Å²) >= 11 is 5.87. The smallest absolute Gasteiger partial charge is 0.264 e. The van der Waals surface area contributed by atoms with Crippen molar-refractivity contribution >= 4 is 23.6 Å². The highest BCUT2D eigenvalue weighted by Gasteiger charge is 2.12. The summed E-state index contributed by atoms with van der Waals surface area (Å²) in [5, 5.41) is 9.88. The molecule has 4 nitrogen and oxygen atoms in total. The van der Waals surface area contributed by atoms with E-state index in [9.17, 15) is 10.1 Å². The van der Waals surface area contributed by atoms with Crippen molar-refractivity contribution in [3.05, 3.63) is 70.3 Å². The van der Waals surface area contributed by atoms with Gasteiger partial charge < -0.3 is 9.64 Å². The Morgan fingerprint density at radius 2 is 1.88 bits per heavy atom. The average molecular weight is 341 g/mol. The summed E-state index contributed by atoms with van der Waals surface area (Å²) in [7, 11) is 3.22. The van der Waals surface area contributed by atoms with E-state index >= 15 is 0 Å². The van der Waals surface area contributed by atoms with E-state index in [1.54, 1.807) is 44.4 Å². The predicted octanol–water partition coefficient (Wildman–Crippen LogP) is 3.91. The zero-order valence-corrected chi connectivity index (χ0v) is 14.2. The zero-order valence-electron chi connectivity index (χ0n) is 13.5. The first-order valence-corrected chi connectivity index (χ1v) is 7.69. The van der Waals surface area contributed by atoms with E-state index in [1.165, 1.54) is 4.90 Å². The standard InChI is InChI=1S/C19H17ClN2O2/c1-22(2)19(23)16(12-21)11-15-5-3-4-6-18(15)24-13-14-7-9-17(20)10-8-14/h3-11H,13H2,1-2H3/b16-11-. The zero-order chi connectivity index (χ0) is 17.5. The van der Waals surface area contributed by atoms with E-state index in [1.807, 2.05) is 30.3 Å². The molecule has 0 bridgehead atoms. The SMILES string of the molecule is CN(C)C(=O)/C(C#N)=C\c1ccccc1OCc1ccc(Cl)cc1. The highest BCUT2D eigenvalue weighted by molar-refractivity contribution is 6.30. The molecule has 1 amide bonds. The van der Waals surface area contributed by atoms with Gasteiger partial charge in [0, 0.05) is 24.7 Å². The predicted molar refractivity (Wildman–Crippen MR) is 94.5 cm³/mol. The fourth-order valence-corrected chi connectivity index (χ4v) is 2.14. The van der Waals surface area contributed by atoms with Crippen molar-refractivity contribution < 1.29 is 9.53 Å². The summed E-state index contributed by atoms with van der Waals surface area (Å²) in [5.74, 6) is 0.261. The Hall–Kier alpha value is -2.77. The summed E-state index contributed by atoms with van der Waals surface area (Å²) in [6.07, 6.45) is 1.54. The first kappa shape index (κ1) is 17.6. The van der Waals surface area contributed by atoms with Crippen LogP contribution in [0, 0.1) is 11.3 Å². The highest BCUT2D eigenvalue weighted by Crippen LogP contribution is 2.23. The van der Waals surface area contributed by atoms with Gasteiger partial charge in [0.15, 0.2) is 0 Å². The third kappa shape index (κ3) is 4.61. The van der Waals surface area contributed by atoms with Gasteiger partial charge >= 0.3 is 0 Å². The van der Waals surface area contributed by atoms with Crippen LogP contribution in [0.15, 0.2) is 54.1 Å².